The van der Waals surface area contributed by atoms with Gasteiger partial charge in [0, 0.05) is 18.0 Å². The lowest BCUT2D eigenvalue weighted by Crippen LogP contribution is -2.29. The lowest BCUT2D eigenvalue weighted by Gasteiger charge is -2.14. The highest BCUT2D eigenvalue weighted by Gasteiger charge is 2.10. The number of hydrogen-bond acceptors (Lipinski definition) is 2. The first-order valence-electron chi connectivity index (χ1n) is 6.05. The Labute approximate surface area is 113 Å². The molecule has 1 N–H and O–H groups in total. The Morgan fingerprint density at radius 1 is 1.56 bits per heavy atom. The summed E-state index contributed by atoms with van der Waals surface area (Å²) in [5, 5.41) is 11.7. The monoisotopic (exact) mass is 264 g/mol. The number of carbonyl (C=O) groups excluding carboxylic acids is 1. The highest BCUT2D eigenvalue weighted by molar-refractivity contribution is 6.17. The van der Waals surface area contributed by atoms with Gasteiger partial charge in [-0.25, -0.2) is 0 Å². The third kappa shape index (κ3) is 4.38. The molecule has 1 atom stereocenters. The second-order valence-corrected chi connectivity index (χ2v) is 4.53. The quantitative estimate of drug-likeness (QED) is 0.803. The van der Waals surface area contributed by atoms with Crippen LogP contribution in [-0.4, -0.2) is 18.3 Å². The van der Waals surface area contributed by atoms with Crippen molar-refractivity contribution in [2.24, 2.45) is 5.92 Å². The van der Waals surface area contributed by atoms with Crippen molar-refractivity contribution in [1.82, 2.24) is 5.32 Å². The van der Waals surface area contributed by atoms with Gasteiger partial charge in [-0.05, 0) is 30.5 Å². The summed E-state index contributed by atoms with van der Waals surface area (Å²) in [7, 11) is 0. The Hall–Kier alpha value is -1.53. The molecule has 0 heterocycles. The smallest absolute Gasteiger partial charge is 0.251 e. The van der Waals surface area contributed by atoms with Crippen LogP contribution in [0.1, 0.15) is 35.7 Å². The summed E-state index contributed by atoms with van der Waals surface area (Å²) in [6, 6.07) is 8.71. The van der Waals surface area contributed by atoms with Gasteiger partial charge in [-0.2, -0.15) is 5.26 Å². The zero-order chi connectivity index (χ0) is 13.4. The normalized spacial score (nSPS) is 11.6. The number of carbonyl (C=O) groups is 1. The van der Waals surface area contributed by atoms with Crippen LogP contribution in [-0.2, 0) is 0 Å². The van der Waals surface area contributed by atoms with Gasteiger partial charge >= 0.3 is 0 Å². The zero-order valence-corrected chi connectivity index (χ0v) is 11.2. The average molecular weight is 265 g/mol. The molecule has 0 aromatic heterocycles. The molecule has 0 fully saturated rings. The van der Waals surface area contributed by atoms with Crippen molar-refractivity contribution in [3.8, 4) is 6.07 Å². The first-order valence-corrected chi connectivity index (χ1v) is 6.59. The van der Waals surface area contributed by atoms with Crippen LogP contribution in [0, 0.1) is 17.2 Å². The maximum atomic E-state index is 11.9. The van der Waals surface area contributed by atoms with E-state index in [4.69, 9.17) is 16.9 Å². The van der Waals surface area contributed by atoms with Crippen LogP contribution in [0.2, 0.25) is 0 Å². The molecule has 0 saturated carbocycles. The number of hydrogen-bond donors (Lipinski definition) is 1. The van der Waals surface area contributed by atoms with Crippen molar-refractivity contribution in [3.05, 3.63) is 35.4 Å². The van der Waals surface area contributed by atoms with Crippen LogP contribution in [0.5, 0.6) is 0 Å². The van der Waals surface area contributed by atoms with E-state index in [9.17, 15) is 4.79 Å². The summed E-state index contributed by atoms with van der Waals surface area (Å²) in [5.74, 6) is 0.879. The van der Waals surface area contributed by atoms with E-state index >= 15 is 0 Å². The number of nitrogens with zero attached hydrogens (tertiary/aromatic N) is 1. The van der Waals surface area contributed by atoms with E-state index in [1.807, 2.05) is 6.07 Å². The zero-order valence-electron chi connectivity index (χ0n) is 10.4. The topological polar surface area (TPSA) is 52.9 Å². The Morgan fingerprint density at radius 3 is 2.94 bits per heavy atom. The van der Waals surface area contributed by atoms with Crippen molar-refractivity contribution in [2.45, 2.75) is 19.8 Å². The van der Waals surface area contributed by atoms with E-state index < -0.39 is 0 Å². The fraction of sp³-hybridized carbons (Fsp3) is 0.429. The van der Waals surface area contributed by atoms with Gasteiger partial charge in [-0.1, -0.05) is 19.4 Å². The van der Waals surface area contributed by atoms with E-state index in [0.29, 0.717) is 29.5 Å². The molecule has 0 saturated heterocycles. The minimum atomic E-state index is -0.139. The number of halogens is 1. The Bertz CT molecular complexity index is 440. The molecular formula is C14H17ClN2O. The Morgan fingerprint density at radius 2 is 2.33 bits per heavy atom. The third-order valence-electron chi connectivity index (χ3n) is 2.90. The molecule has 0 bridgehead atoms. The van der Waals surface area contributed by atoms with E-state index in [1.165, 1.54) is 0 Å². The predicted octanol–water partition coefficient (Wildman–Crippen LogP) is 2.94. The highest BCUT2D eigenvalue weighted by Crippen LogP contribution is 2.09. The second-order valence-electron chi connectivity index (χ2n) is 4.15. The maximum absolute atomic E-state index is 11.9. The number of rotatable bonds is 6. The second kappa shape index (κ2) is 7.73. The first kappa shape index (κ1) is 14.5. The number of alkyl halides is 1. The molecule has 0 aliphatic heterocycles. The van der Waals surface area contributed by atoms with Gasteiger partial charge in [-0.15, -0.1) is 11.6 Å². The summed E-state index contributed by atoms with van der Waals surface area (Å²) >= 11 is 5.70. The molecule has 0 radical (unpaired) electrons. The van der Waals surface area contributed by atoms with Gasteiger partial charge < -0.3 is 5.32 Å². The van der Waals surface area contributed by atoms with Crippen molar-refractivity contribution in [2.75, 3.05) is 12.4 Å². The molecule has 1 rings (SSSR count). The van der Waals surface area contributed by atoms with Crippen molar-refractivity contribution in [3.63, 3.8) is 0 Å². The van der Waals surface area contributed by atoms with Crippen LogP contribution < -0.4 is 5.32 Å². The van der Waals surface area contributed by atoms with Crippen LogP contribution in [0.15, 0.2) is 24.3 Å². The molecule has 0 aliphatic rings. The number of nitrogens with one attached hydrogen (secondary N) is 1. The van der Waals surface area contributed by atoms with Gasteiger partial charge in [0.05, 0.1) is 11.6 Å². The van der Waals surface area contributed by atoms with E-state index in [1.54, 1.807) is 24.3 Å². The Kier molecular flexibility index (Phi) is 6.24. The van der Waals surface area contributed by atoms with Gasteiger partial charge in [-0.3, -0.25) is 4.79 Å². The molecular weight excluding hydrogens is 248 g/mol. The minimum Gasteiger partial charge on any atom is -0.352 e. The lowest BCUT2D eigenvalue weighted by molar-refractivity contribution is 0.0946. The fourth-order valence-electron chi connectivity index (χ4n) is 1.67. The Balaban J connectivity index is 2.57. The van der Waals surface area contributed by atoms with Crippen molar-refractivity contribution in [1.29, 1.82) is 5.26 Å². The minimum absolute atomic E-state index is 0.139. The van der Waals surface area contributed by atoms with E-state index in [0.717, 1.165) is 12.8 Å². The van der Waals surface area contributed by atoms with Gasteiger partial charge in [0.2, 0.25) is 0 Å². The highest BCUT2D eigenvalue weighted by atomic mass is 35.5. The summed E-state index contributed by atoms with van der Waals surface area (Å²) in [4.78, 5) is 11.9. The van der Waals surface area contributed by atoms with Gasteiger partial charge in [0.25, 0.3) is 5.91 Å². The largest absolute Gasteiger partial charge is 0.352 e. The fourth-order valence-corrected chi connectivity index (χ4v) is 1.98. The van der Waals surface area contributed by atoms with Crippen LogP contribution in [0.25, 0.3) is 0 Å². The van der Waals surface area contributed by atoms with Crippen molar-refractivity contribution >= 4 is 17.5 Å². The molecule has 96 valence electrons. The van der Waals surface area contributed by atoms with Crippen LogP contribution in [0.4, 0.5) is 0 Å². The average Bonchev–Trinajstić information content (AvgIpc) is 2.43. The predicted molar refractivity (Wildman–Crippen MR) is 72.6 cm³/mol. The molecule has 1 aromatic carbocycles. The van der Waals surface area contributed by atoms with Gasteiger partial charge in [0.15, 0.2) is 0 Å². The van der Waals surface area contributed by atoms with Gasteiger partial charge in [0.1, 0.15) is 0 Å². The van der Waals surface area contributed by atoms with E-state index in [-0.39, 0.29) is 5.91 Å². The molecule has 0 aliphatic carbocycles. The summed E-state index contributed by atoms with van der Waals surface area (Å²) < 4.78 is 0. The lowest BCUT2D eigenvalue weighted by atomic mass is 10.0. The molecule has 1 aromatic rings. The molecule has 0 spiro atoms. The van der Waals surface area contributed by atoms with E-state index in [2.05, 4.69) is 12.2 Å². The molecule has 1 unspecified atom stereocenters. The summed E-state index contributed by atoms with van der Waals surface area (Å²) in [6.45, 7) is 2.71. The standard InChI is InChI=1S/C14H17ClN2O/c1-2-11(6-7-15)10-17-14(18)13-5-3-4-12(8-13)9-16/h3-5,8,11H,2,6-7,10H2,1H3,(H,17,18). The maximum Gasteiger partial charge on any atom is 0.251 e. The number of amides is 1. The molecule has 3 nitrogen and oxygen atoms in total. The molecule has 1 amide bonds. The van der Waals surface area contributed by atoms with Crippen LogP contribution >= 0.6 is 11.6 Å². The molecule has 4 heteroatoms. The summed E-state index contributed by atoms with van der Waals surface area (Å²) in [6.07, 6.45) is 1.89. The molecule has 18 heavy (non-hydrogen) atoms. The van der Waals surface area contributed by atoms with Crippen molar-refractivity contribution < 1.29 is 4.79 Å². The van der Waals surface area contributed by atoms with Crippen LogP contribution in [0.3, 0.4) is 0 Å². The third-order valence-corrected chi connectivity index (χ3v) is 3.12. The number of nitriles is 1. The number of benzene rings is 1. The first-order chi connectivity index (χ1) is 8.71. The SMILES string of the molecule is CCC(CCCl)CNC(=O)c1cccc(C#N)c1. The summed E-state index contributed by atoms with van der Waals surface area (Å²) in [5.41, 5.74) is 1.02.